The monoisotopic (exact) mass is 249 g/mol. The number of aromatic nitrogens is 1. The predicted octanol–water partition coefficient (Wildman–Crippen LogP) is 3.01. The number of aliphatic hydroxyl groups is 1. The standard InChI is InChI=1S/C13H15NO2S/c1-9(2)16-11-6-10(7-14-8-11)13(15)12-4-3-5-17-12/h3-9,13,15H,1-2H3. The fourth-order valence-corrected chi connectivity index (χ4v) is 2.27. The maximum Gasteiger partial charge on any atom is 0.138 e. The minimum atomic E-state index is -0.627. The van der Waals surface area contributed by atoms with Gasteiger partial charge >= 0.3 is 0 Å². The fraction of sp³-hybridized carbons (Fsp3) is 0.308. The summed E-state index contributed by atoms with van der Waals surface area (Å²) in [5.41, 5.74) is 0.755. The van der Waals surface area contributed by atoms with Crippen LogP contribution in [0.3, 0.4) is 0 Å². The molecule has 0 fully saturated rings. The first-order chi connectivity index (χ1) is 8.16. The van der Waals surface area contributed by atoms with Crippen LogP contribution in [0.2, 0.25) is 0 Å². The van der Waals surface area contributed by atoms with Crippen molar-refractivity contribution in [1.29, 1.82) is 0 Å². The highest BCUT2D eigenvalue weighted by molar-refractivity contribution is 7.10. The number of pyridine rings is 1. The second-order valence-corrected chi connectivity index (χ2v) is 5.02. The molecule has 0 aliphatic carbocycles. The van der Waals surface area contributed by atoms with Crippen LogP contribution >= 0.6 is 11.3 Å². The molecule has 17 heavy (non-hydrogen) atoms. The van der Waals surface area contributed by atoms with Crippen molar-refractivity contribution >= 4 is 11.3 Å². The second-order valence-electron chi connectivity index (χ2n) is 4.04. The van der Waals surface area contributed by atoms with E-state index >= 15 is 0 Å². The van der Waals surface area contributed by atoms with Crippen LogP contribution in [0.15, 0.2) is 36.0 Å². The lowest BCUT2D eigenvalue weighted by molar-refractivity contribution is 0.219. The van der Waals surface area contributed by atoms with E-state index in [0.29, 0.717) is 5.75 Å². The summed E-state index contributed by atoms with van der Waals surface area (Å²) >= 11 is 1.53. The first-order valence-corrected chi connectivity index (χ1v) is 6.38. The first-order valence-electron chi connectivity index (χ1n) is 5.50. The Bertz CT molecular complexity index is 468. The van der Waals surface area contributed by atoms with Crippen LogP contribution < -0.4 is 4.74 Å². The minimum Gasteiger partial charge on any atom is -0.489 e. The van der Waals surface area contributed by atoms with Gasteiger partial charge in [-0.1, -0.05) is 6.07 Å². The zero-order valence-corrected chi connectivity index (χ0v) is 10.6. The van der Waals surface area contributed by atoms with Gasteiger partial charge in [0, 0.05) is 16.6 Å². The van der Waals surface area contributed by atoms with Crippen LogP contribution in [-0.4, -0.2) is 16.2 Å². The Morgan fingerprint density at radius 1 is 1.35 bits per heavy atom. The molecular weight excluding hydrogens is 234 g/mol. The molecule has 0 spiro atoms. The van der Waals surface area contributed by atoms with E-state index in [1.54, 1.807) is 12.4 Å². The van der Waals surface area contributed by atoms with Crippen molar-refractivity contribution in [2.24, 2.45) is 0 Å². The average Bonchev–Trinajstić information content (AvgIpc) is 2.81. The van der Waals surface area contributed by atoms with Gasteiger partial charge in [-0.2, -0.15) is 0 Å². The van der Waals surface area contributed by atoms with Gasteiger partial charge in [-0.05, 0) is 31.4 Å². The Labute approximate surface area is 105 Å². The lowest BCUT2D eigenvalue weighted by atomic mass is 10.1. The van der Waals surface area contributed by atoms with Crippen LogP contribution in [0, 0.1) is 0 Å². The smallest absolute Gasteiger partial charge is 0.138 e. The molecule has 0 aliphatic rings. The van der Waals surface area contributed by atoms with E-state index in [1.165, 1.54) is 11.3 Å². The maximum atomic E-state index is 10.2. The van der Waals surface area contributed by atoms with Crippen molar-refractivity contribution in [2.45, 2.75) is 26.1 Å². The van der Waals surface area contributed by atoms with Gasteiger partial charge in [0.1, 0.15) is 11.9 Å². The number of hydrogen-bond acceptors (Lipinski definition) is 4. The van der Waals surface area contributed by atoms with Crippen molar-refractivity contribution in [1.82, 2.24) is 4.98 Å². The summed E-state index contributed by atoms with van der Waals surface area (Å²) in [6, 6.07) is 5.66. The second kappa shape index (κ2) is 5.29. The molecular formula is C13H15NO2S. The zero-order valence-electron chi connectivity index (χ0n) is 9.83. The van der Waals surface area contributed by atoms with E-state index in [2.05, 4.69) is 4.98 Å². The molecule has 1 unspecified atom stereocenters. The molecule has 0 radical (unpaired) electrons. The average molecular weight is 249 g/mol. The number of ether oxygens (including phenoxy) is 1. The lowest BCUT2D eigenvalue weighted by Gasteiger charge is -2.12. The van der Waals surface area contributed by atoms with Crippen LogP contribution in [0.5, 0.6) is 5.75 Å². The molecule has 2 aromatic heterocycles. The number of rotatable bonds is 4. The predicted molar refractivity (Wildman–Crippen MR) is 68.4 cm³/mol. The Morgan fingerprint density at radius 2 is 2.18 bits per heavy atom. The summed E-state index contributed by atoms with van der Waals surface area (Å²) < 4.78 is 5.55. The van der Waals surface area contributed by atoms with Crippen LogP contribution in [-0.2, 0) is 0 Å². The van der Waals surface area contributed by atoms with E-state index in [-0.39, 0.29) is 6.10 Å². The first kappa shape index (κ1) is 12.1. The normalized spacial score (nSPS) is 12.7. The van der Waals surface area contributed by atoms with E-state index in [9.17, 15) is 5.11 Å². The molecule has 1 N–H and O–H groups in total. The molecule has 4 heteroatoms. The number of hydrogen-bond donors (Lipinski definition) is 1. The number of aliphatic hydroxyl groups excluding tert-OH is 1. The molecule has 1 atom stereocenters. The molecule has 90 valence electrons. The van der Waals surface area contributed by atoms with Gasteiger partial charge < -0.3 is 9.84 Å². The number of nitrogens with zero attached hydrogens (tertiary/aromatic N) is 1. The van der Waals surface area contributed by atoms with Crippen LogP contribution in [0.25, 0.3) is 0 Å². The Morgan fingerprint density at radius 3 is 2.82 bits per heavy atom. The summed E-state index contributed by atoms with van der Waals surface area (Å²) in [7, 11) is 0. The largest absolute Gasteiger partial charge is 0.489 e. The van der Waals surface area contributed by atoms with Crippen LogP contribution in [0.1, 0.15) is 30.4 Å². The maximum absolute atomic E-state index is 10.2. The zero-order chi connectivity index (χ0) is 12.3. The van der Waals surface area contributed by atoms with Crippen molar-refractivity contribution < 1.29 is 9.84 Å². The summed E-state index contributed by atoms with van der Waals surface area (Å²) in [5, 5.41) is 12.1. The highest BCUT2D eigenvalue weighted by Crippen LogP contribution is 2.27. The van der Waals surface area contributed by atoms with Crippen LogP contribution in [0.4, 0.5) is 0 Å². The molecule has 2 heterocycles. The highest BCUT2D eigenvalue weighted by Gasteiger charge is 2.12. The van der Waals surface area contributed by atoms with Gasteiger partial charge in [0.15, 0.2) is 0 Å². The van der Waals surface area contributed by atoms with Gasteiger partial charge in [0.05, 0.1) is 12.3 Å². The van der Waals surface area contributed by atoms with Crippen molar-refractivity contribution in [2.75, 3.05) is 0 Å². The molecule has 0 saturated carbocycles. The molecule has 0 saturated heterocycles. The SMILES string of the molecule is CC(C)Oc1cncc(C(O)c2cccs2)c1. The van der Waals surface area contributed by atoms with Crippen molar-refractivity contribution in [3.05, 3.63) is 46.4 Å². The molecule has 0 aliphatic heterocycles. The highest BCUT2D eigenvalue weighted by atomic mass is 32.1. The third kappa shape index (κ3) is 3.05. The van der Waals surface area contributed by atoms with Gasteiger partial charge in [-0.3, -0.25) is 4.98 Å². The molecule has 0 aromatic carbocycles. The van der Waals surface area contributed by atoms with Gasteiger partial charge in [0.25, 0.3) is 0 Å². The summed E-state index contributed by atoms with van der Waals surface area (Å²) in [5.74, 6) is 0.688. The molecule has 0 amide bonds. The van der Waals surface area contributed by atoms with E-state index in [1.807, 2.05) is 37.4 Å². The summed E-state index contributed by atoms with van der Waals surface area (Å²) in [6.45, 7) is 3.92. The summed E-state index contributed by atoms with van der Waals surface area (Å²) in [6.07, 6.45) is 2.80. The third-order valence-electron chi connectivity index (χ3n) is 2.23. The molecule has 0 bridgehead atoms. The Hall–Kier alpha value is -1.39. The molecule has 2 aromatic rings. The quantitative estimate of drug-likeness (QED) is 0.905. The van der Waals surface area contributed by atoms with E-state index in [4.69, 9.17) is 4.74 Å². The van der Waals surface area contributed by atoms with Crippen molar-refractivity contribution in [3.63, 3.8) is 0 Å². The molecule has 3 nitrogen and oxygen atoms in total. The molecule has 2 rings (SSSR count). The summed E-state index contributed by atoms with van der Waals surface area (Å²) in [4.78, 5) is 5.00. The van der Waals surface area contributed by atoms with E-state index < -0.39 is 6.10 Å². The third-order valence-corrected chi connectivity index (χ3v) is 3.16. The Balaban J connectivity index is 2.21. The number of thiophene rings is 1. The van der Waals surface area contributed by atoms with E-state index in [0.717, 1.165) is 10.4 Å². The Kier molecular flexibility index (Phi) is 3.76. The minimum absolute atomic E-state index is 0.103. The van der Waals surface area contributed by atoms with Gasteiger partial charge in [-0.25, -0.2) is 0 Å². The lowest BCUT2D eigenvalue weighted by Crippen LogP contribution is -2.07. The topological polar surface area (TPSA) is 42.4 Å². The van der Waals surface area contributed by atoms with Crippen molar-refractivity contribution in [3.8, 4) is 5.75 Å². The van der Waals surface area contributed by atoms with Gasteiger partial charge in [0.2, 0.25) is 0 Å². The fourth-order valence-electron chi connectivity index (χ4n) is 1.53. The van der Waals surface area contributed by atoms with Gasteiger partial charge in [-0.15, -0.1) is 11.3 Å².